The molecule has 0 aromatic carbocycles. The Bertz CT molecular complexity index is 418. The number of methoxy groups -OCH3 is 1. The fourth-order valence-corrected chi connectivity index (χ4v) is 1.21. The molecule has 0 aliphatic rings. The van der Waals surface area contributed by atoms with Gasteiger partial charge in [0.15, 0.2) is 0 Å². The van der Waals surface area contributed by atoms with E-state index in [0.717, 1.165) is 0 Å². The standard InChI is InChI=1S/C11H12ClNO3/c1-4-5-16-10-8(11(14)15-3)6-9(12)7(2)13-10/h4,6H,1,5H2,2-3H3. The number of hydrogen-bond donors (Lipinski definition) is 0. The maximum atomic E-state index is 11.4. The topological polar surface area (TPSA) is 48.4 Å². The molecule has 0 bridgehead atoms. The van der Waals surface area contributed by atoms with Crippen LogP contribution in [0.1, 0.15) is 16.1 Å². The molecule has 1 heterocycles. The summed E-state index contributed by atoms with van der Waals surface area (Å²) < 4.78 is 9.86. The Labute approximate surface area is 98.8 Å². The van der Waals surface area contributed by atoms with E-state index in [2.05, 4.69) is 16.3 Å². The molecule has 1 aromatic rings. The Morgan fingerprint density at radius 1 is 1.69 bits per heavy atom. The molecule has 0 aliphatic heterocycles. The van der Waals surface area contributed by atoms with Crippen LogP contribution in [0.2, 0.25) is 5.02 Å². The van der Waals surface area contributed by atoms with Crippen LogP contribution in [0.3, 0.4) is 0 Å². The Morgan fingerprint density at radius 3 is 2.94 bits per heavy atom. The summed E-state index contributed by atoms with van der Waals surface area (Å²) >= 11 is 5.87. The first-order valence-corrected chi connectivity index (χ1v) is 4.97. The van der Waals surface area contributed by atoms with Crippen molar-refractivity contribution in [2.45, 2.75) is 6.92 Å². The minimum Gasteiger partial charge on any atom is -0.473 e. The van der Waals surface area contributed by atoms with Gasteiger partial charge in [0, 0.05) is 0 Å². The molecular formula is C11H12ClNO3. The molecule has 1 aromatic heterocycles. The number of esters is 1. The second kappa shape index (κ2) is 5.51. The van der Waals surface area contributed by atoms with Gasteiger partial charge in [-0.05, 0) is 13.0 Å². The van der Waals surface area contributed by atoms with E-state index in [1.807, 2.05) is 0 Å². The van der Waals surface area contributed by atoms with Crippen molar-refractivity contribution in [2.24, 2.45) is 0 Å². The van der Waals surface area contributed by atoms with E-state index in [4.69, 9.17) is 16.3 Å². The van der Waals surface area contributed by atoms with E-state index >= 15 is 0 Å². The number of carbonyl (C=O) groups excluding carboxylic acids is 1. The van der Waals surface area contributed by atoms with Crippen LogP contribution in [0.4, 0.5) is 0 Å². The monoisotopic (exact) mass is 241 g/mol. The normalized spacial score (nSPS) is 9.69. The molecule has 0 aliphatic carbocycles. The first-order chi connectivity index (χ1) is 7.60. The Kier molecular flexibility index (Phi) is 4.31. The van der Waals surface area contributed by atoms with Crippen LogP contribution in [-0.4, -0.2) is 24.7 Å². The van der Waals surface area contributed by atoms with E-state index in [1.54, 1.807) is 13.0 Å². The van der Waals surface area contributed by atoms with Gasteiger partial charge >= 0.3 is 5.97 Å². The number of nitrogens with zero attached hydrogens (tertiary/aromatic N) is 1. The van der Waals surface area contributed by atoms with Gasteiger partial charge in [-0.1, -0.05) is 24.3 Å². The lowest BCUT2D eigenvalue weighted by Gasteiger charge is -2.09. The smallest absolute Gasteiger partial charge is 0.343 e. The predicted octanol–water partition coefficient (Wildman–Crippen LogP) is 2.39. The molecule has 16 heavy (non-hydrogen) atoms. The van der Waals surface area contributed by atoms with Crippen molar-refractivity contribution in [1.82, 2.24) is 4.98 Å². The maximum Gasteiger partial charge on any atom is 0.343 e. The number of aromatic nitrogens is 1. The molecule has 0 fully saturated rings. The quantitative estimate of drug-likeness (QED) is 0.600. The molecule has 0 N–H and O–H groups in total. The summed E-state index contributed by atoms with van der Waals surface area (Å²) in [7, 11) is 1.29. The van der Waals surface area contributed by atoms with Crippen molar-refractivity contribution in [3.05, 3.63) is 35.0 Å². The fourth-order valence-electron chi connectivity index (χ4n) is 1.06. The fraction of sp³-hybridized carbons (Fsp3) is 0.273. The lowest BCUT2D eigenvalue weighted by Crippen LogP contribution is -2.08. The summed E-state index contributed by atoms with van der Waals surface area (Å²) in [6, 6.07) is 1.48. The molecule has 1 rings (SSSR count). The van der Waals surface area contributed by atoms with Crippen LogP contribution in [-0.2, 0) is 4.74 Å². The number of aryl methyl sites for hydroxylation is 1. The first-order valence-electron chi connectivity index (χ1n) is 4.59. The van der Waals surface area contributed by atoms with Crippen LogP contribution in [0.15, 0.2) is 18.7 Å². The van der Waals surface area contributed by atoms with Gasteiger partial charge in [0.05, 0.1) is 17.8 Å². The summed E-state index contributed by atoms with van der Waals surface area (Å²) in [6.45, 7) is 5.50. The molecule has 0 amide bonds. The summed E-state index contributed by atoms with van der Waals surface area (Å²) in [6.07, 6.45) is 1.56. The average Bonchev–Trinajstić information content (AvgIpc) is 2.29. The zero-order valence-electron chi connectivity index (χ0n) is 9.12. The van der Waals surface area contributed by atoms with Gasteiger partial charge in [0.25, 0.3) is 0 Å². The van der Waals surface area contributed by atoms with Crippen LogP contribution >= 0.6 is 11.6 Å². The number of pyridine rings is 1. The van der Waals surface area contributed by atoms with Gasteiger partial charge in [-0.3, -0.25) is 0 Å². The zero-order valence-corrected chi connectivity index (χ0v) is 9.87. The van der Waals surface area contributed by atoms with Gasteiger partial charge in [0.1, 0.15) is 12.2 Å². The lowest BCUT2D eigenvalue weighted by atomic mass is 10.2. The van der Waals surface area contributed by atoms with Crippen molar-refractivity contribution < 1.29 is 14.3 Å². The molecule has 0 radical (unpaired) electrons. The highest BCUT2D eigenvalue weighted by atomic mass is 35.5. The van der Waals surface area contributed by atoms with Gasteiger partial charge in [-0.25, -0.2) is 9.78 Å². The molecule has 0 saturated carbocycles. The highest BCUT2D eigenvalue weighted by Gasteiger charge is 2.16. The molecule has 0 unspecified atom stereocenters. The highest BCUT2D eigenvalue weighted by Crippen LogP contribution is 2.23. The van der Waals surface area contributed by atoms with Gasteiger partial charge in [0.2, 0.25) is 5.88 Å². The van der Waals surface area contributed by atoms with Crippen molar-refractivity contribution in [1.29, 1.82) is 0 Å². The third-order valence-electron chi connectivity index (χ3n) is 1.86. The van der Waals surface area contributed by atoms with E-state index < -0.39 is 5.97 Å². The van der Waals surface area contributed by atoms with Crippen LogP contribution in [0.5, 0.6) is 5.88 Å². The second-order valence-corrected chi connectivity index (χ2v) is 3.41. The number of carbonyl (C=O) groups is 1. The van der Waals surface area contributed by atoms with Crippen molar-refractivity contribution in [2.75, 3.05) is 13.7 Å². The minimum atomic E-state index is -0.534. The Morgan fingerprint density at radius 2 is 2.38 bits per heavy atom. The van der Waals surface area contributed by atoms with Crippen molar-refractivity contribution in [3.8, 4) is 5.88 Å². The van der Waals surface area contributed by atoms with E-state index in [9.17, 15) is 4.79 Å². The van der Waals surface area contributed by atoms with E-state index in [-0.39, 0.29) is 18.1 Å². The summed E-state index contributed by atoms with van der Waals surface area (Å²) in [5.74, 6) is -0.331. The number of hydrogen-bond acceptors (Lipinski definition) is 4. The van der Waals surface area contributed by atoms with Crippen LogP contribution in [0.25, 0.3) is 0 Å². The van der Waals surface area contributed by atoms with E-state index in [0.29, 0.717) is 10.7 Å². The number of halogens is 1. The highest BCUT2D eigenvalue weighted by molar-refractivity contribution is 6.31. The summed E-state index contributed by atoms with van der Waals surface area (Å²) in [5, 5.41) is 0.395. The Balaban J connectivity index is 3.15. The van der Waals surface area contributed by atoms with Crippen LogP contribution < -0.4 is 4.74 Å². The van der Waals surface area contributed by atoms with Crippen LogP contribution in [0, 0.1) is 6.92 Å². The lowest BCUT2D eigenvalue weighted by molar-refractivity contribution is 0.0595. The third kappa shape index (κ3) is 2.73. The summed E-state index contributed by atoms with van der Waals surface area (Å²) in [5.41, 5.74) is 0.799. The molecule has 86 valence electrons. The molecule has 0 spiro atoms. The molecule has 0 atom stereocenters. The third-order valence-corrected chi connectivity index (χ3v) is 2.24. The van der Waals surface area contributed by atoms with Crippen molar-refractivity contribution in [3.63, 3.8) is 0 Å². The SMILES string of the molecule is C=CCOc1nc(C)c(Cl)cc1C(=O)OC. The van der Waals surface area contributed by atoms with E-state index in [1.165, 1.54) is 13.2 Å². The van der Waals surface area contributed by atoms with Gasteiger partial charge in [-0.2, -0.15) is 0 Å². The number of ether oxygens (including phenoxy) is 2. The first kappa shape index (κ1) is 12.5. The van der Waals surface area contributed by atoms with Gasteiger partial charge in [-0.15, -0.1) is 0 Å². The predicted molar refractivity (Wildman–Crippen MR) is 61.0 cm³/mol. The van der Waals surface area contributed by atoms with Gasteiger partial charge < -0.3 is 9.47 Å². The average molecular weight is 242 g/mol. The minimum absolute atomic E-state index is 0.202. The van der Waals surface area contributed by atoms with Crippen molar-refractivity contribution >= 4 is 17.6 Å². The molecule has 4 nitrogen and oxygen atoms in total. The summed E-state index contributed by atoms with van der Waals surface area (Å²) in [4.78, 5) is 15.5. The number of rotatable bonds is 4. The molecule has 0 saturated heterocycles. The zero-order chi connectivity index (χ0) is 12.1. The maximum absolute atomic E-state index is 11.4. The molecule has 5 heteroatoms. The second-order valence-electron chi connectivity index (χ2n) is 3.00. The largest absolute Gasteiger partial charge is 0.473 e. The Hall–Kier alpha value is -1.55. The molecular weight excluding hydrogens is 230 g/mol.